The third-order valence-electron chi connectivity index (χ3n) is 1.23. The van der Waals surface area contributed by atoms with Crippen molar-refractivity contribution in [2.45, 2.75) is 6.42 Å². The van der Waals surface area contributed by atoms with E-state index in [1.54, 1.807) is 0 Å². The van der Waals surface area contributed by atoms with E-state index in [0.29, 0.717) is 5.88 Å². The van der Waals surface area contributed by atoms with E-state index in [1.807, 2.05) is 0 Å². The third-order valence-corrected chi connectivity index (χ3v) is 1.57. The Bertz CT molecular complexity index is 98.7. The summed E-state index contributed by atoms with van der Waals surface area (Å²) in [6.07, 6.45) is 3.07. The Morgan fingerprint density at radius 3 is 3.00 bits per heavy atom. The van der Waals surface area contributed by atoms with Gasteiger partial charge in [0.05, 0.1) is 13.2 Å². The van der Waals surface area contributed by atoms with Crippen LogP contribution in [0.2, 0.25) is 0 Å². The summed E-state index contributed by atoms with van der Waals surface area (Å²) in [5, 5.41) is 0. The fourth-order valence-corrected chi connectivity index (χ4v) is 0.930. The van der Waals surface area contributed by atoms with Crippen LogP contribution >= 0.6 is 11.6 Å². The van der Waals surface area contributed by atoms with Crippen molar-refractivity contribution in [3.63, 3.8) is 0 Å². The molecule has 0 atom stereocenters. The molecule has 0 saturated heterocycles. The minimum absolute atomic E-state index is 0.670. The number of hydrogen-bond acceptors (Lipinski definition) is 1. The van der Waals surface area contributed by atoms with Crippen LogP contribution in [0.15, 0.2) is 11.6 Å². The van der Waals surface area contributed by atoms with Crippen molar-refractivity contribution in [2.24, 2.45) is 0 Å². The van der Waals surface area contributed by atoms with Crippen LogP contribution in [0.25, 0.3) is 0 Å². The number of alkyl halides is 1. The number of hydrogen-bond donors (Lipinski definition) is 0. The van der Waals surface area contributed by atoms with Crippen LogP contribution in [0, 0.1) is 0 Å². The summed E-state index contributed by atoms with van der Waals surface area (Å²) in [6, 6.07) is 0. The van der Waals surface area contributed by atoms with Crippen LogP contribution in [-0.4, -0.2) is 19.1 Å². The van der Waals surface area contributed by atoms with Gasteiger partial charge in [0.15, 0.2) is 0 Å². The Morgan fingerprint density at radius 2 is 2.62 bits per heavy atom. The lowest BCUT2D eigenvalue weighted by Gasteiger charge is -2.09. The Balaban J connectivity index is 2.37. The van der Waals surface area contributed by atoms with Crippen molar-refractivity contribution in [1.29, 1.82) is 0 Å². The first kappa shape index (κ1) is 6.12. The topological polar surface area (TPSA) is 9.23 Å². The first-order chi connectivity index (χ1) is 3.93. The summed E-state index contributed by atoms with van der Waals surface area (Å²) in [5.74, 6) is 0.670. The third kappa shape index (κ3) is 1.49. The molecule has 1 rings (SSSR count). The molecule has 1 aliphatic rings. The molecule has 0 aromatic carbocycles. The minimum Gasteiger partial charge on any atom is -0.377 e. The second kappa shape index (κ2) is 3.10. The van der Waals surface area contributed by atoms with Crippen LogP contribution in [0.4, 0.5) is 0 Å². The molecule has 0 aromatic heterocycles. The van der Waals surface area contributed by atoms with E-state index < -0.39 is 0 Å². The summed E-state index contributed by atoms with van der Waals surface area (Å²) in [6.45, 7) is 1.60. The van der Waals surface area contributed by atoms with E-state index in [-0.39, 0.29) is 0 Å². The normalized spacial score (nSPS) is 20.4. The zero-order valence-corrected chi connectivity index (χ0v) is 5.45. The maximum absolute atomic E-state index is 5.56. The molecule has 1 nitrogen and oxygen atoms in total. The molecule has 0 saturated carbocycles. The molecule has 0 aromatic rings. The van der Waals surface area contributed by atoms with Gasteiger partial charge in [0.1, 0.15) is 0 Å². The highest BCUT2D eigenvalue weighted by molar-refractivity contribution is 6.19. The van der Waals surface area contributed by atoms with Crippen LogP contribution in [0.5, 0.6) is 0 Å². The summed E-state index contributed by atoms with van der Waals surface area (Å²) in [7, 11) is 0. The van der Waals surface area contributed by atoms with E-state index in [4.69, 9.17) is 16.3 Å². The molecular weight excluding hydrogens is 124 g/mol. The summed E-state index contributed by atoms with van der Waals surface area (Å²) >= 11 is 5.56. The summed E-state index contributed by atoms with van der Waals surface area (Å²) in [4.78, 5) is 0. The molecule has 0 aliphatic carbocycles. The molecule has 0 N–H and O–H groups in total. The van der Waals surface area contributed by atoms with Gasteiger partial charge >= 0.3 is 0 Å². The summed E-state index contributed by atoms with van der Waals surface area (Å²) < 4.78 is 5.07. The second-order valence-corrected chi connectivity index (χ2v) is 2.09. The Labute approximate surface area is 54.3 Å². The standard InChI is InChI=1S/C6H9ClO/c7-5-6-1-3-8-4-2-6/h1H,2-5H2. The average Bonchev–Trinajstić information content (AvgIpc) is 1.90. The van der Waals surface area contributed by atoms with E-state index in [1.165, 1.54) is 5.57 Å². The molecule has 2 heteroatoms. The molecule has 8 heavy (non-hydrogen) atoms. The smallest absolute Gasteiger partial charge is 0.0650 e. The monoisotopic (exact) mass is 132 g/mol. The Kier molecular flexibility index (Phi) is 2.37. The first-order valence-corrected chi connectivity index (χ1v) is 3.28. The van der Waals surface area contributed by atoms with Crippen molar-refractivity contribution in [2.75, 3.05) is 19.1 Å². The molecule has 0 unspecified atom stereocenters. The fraction of sp³-hybridized carbons (Fsp3) is 0.667. The molecule has 0 fully saturated rings. The molecule has 1 aliphatic heterocycles. The van der Waals surface area contributed by atoms with Gasteiger partial charge in [-0.05, 0) is 6.42 Å². The maximum atomic E-state index is 5.56. The zero-order valence-electron chi connectivity index (χ0n) is 4.69. The first-order valence-electron chi connectivity index (χ1n) is 2.75. The van der Waals surface area contributed by atoms with E-state index in [9.17, 15) is 0 Å². The lowest BCUT2D eigenvalue weighted by Crippen LogP contribution is -2.04. The van der Waals surface area contributed by atoms with Crippen molar-refractivity contribution < 1.29 is 4.74 Å². The number of ether oxygens (including phenoxy) is 1. The van der Waals surface area contributed by atoms with Crippen molar-refractivity contribution in [3.8, 4) is 0 Å². The van der Waals surface area contributed by atoms with Crippen molar-refractivity contribution in [3.05, 3.63) is 11.6 Å². The van der Waals surface area contributed by atoms with Gasteiger partial charge in [0.2, 0.25) is 0 Å². The molecule has 0 bridgehead atoms. The van der Waals surface area contributed by atoms with Gasteiger partial charge in [-0.2, -0.15) is 0 Å². The van der Waals surface area contributed by atoms with Crippen molar-refractivity contribution >= 4 is 11.6 Å². The lowest BCUT2D eigenvalue weighted by atomic mass is 10.2. The lowest BCUT2D eigenvalue weighted by molar-refractivity contribution is 0.155. The van der Waals surface area contributed by atoms with Crippen molar-refractivity contribution in [1.82, 2.24) is 0 Å². The van der Waals surface area contributed by atoms with Gasteiger partial charge in [-0.1, -0.05) is 11.6 Å². The van der Waals surface area contributed by atoms with Crippen LogP contribution < -0.4 is 0 Å². The SMILES string of the molecule is ClCC1=CCOCC1. The largest absolute Gasteiger partial charge is 0.377 e. The molecule has 0 amide bonds. The molecule has 0 spiro atoms. The van der Waals surface area contributed by atoms with Gasteiger partial charge in [-0.3, -0.25) is 0 Å². The highest BCUT2D eigenvalue weighted by Crippen LogP contribution is 2.07. The Morgan fingerprint density at radius 1 is 1.75 bits per heavy atom. The predicted octanol–water partition coefficient (Wildman–Crippen LogP) is 1.57. The summed E-state index contributed by atoms with van der Waals surface area (Å²) in [5.41, 5.74) is 1.32. The molecule has 46 valence electrons. The predicted molar refractivity (Wildman–Crippen MR) is 34.2 cm³/mol. The maximum Gasteiger partial charge on any atom is 0.0650 e. The Hall–Kier alpha value is -0.0100. The van der Waals surface area contributed by atoms with Crippen LogP contribution in [-0.2, 0) is 4.74 Å². The highest BCUT2D eigenvalue weighted by atomic mass is 35.5. The number of halogens is 1. The average molecular weight is 133 g/mol. The second-order valence-electron chi connectivity index (χ2n) is 1.82. The van der Waals surface area contributed by atoms with Gasteiger partial charge in [0, 0.05) is 5.88 Å². The zero-order chi connectivity index (χ0) is 5.82. The quantitative estimate of drug-likeness (QED) is 0.389. The van der Waals surface area contributed by atoms with Crippen LogP contribution in [0.3, 0.4) is 0 Å². The van der Waals surface area contributed by atoms with Gasteiger partial charge in [-0.15, -0.1) is 11.6 Å². The highest BCUT2D eigenvalue weighted by Gasteiger charge is 1.99. The minimum atomic E-state index is 0.670. The van der Waals surface area contributed by atoms with E-state index in [0.717, 1.165) is 19.6 Å². The molecule has 1 heterocycles. The van der Waals surface area contributed by atoms with Gasteiger partial charge in [-0.25, -0.2) is 0 Å². The van der Waals surface area contributed by atoms with E-state index >= 15 is 0 Å². The van der Waals surface area contributed by atoms with Gasteiger partial charge in [0.25, 0.3) is 0 Å². The van der Waals surface area contributed by atoms with Crippen LogP contribution in [0.1, 0.15) is 6.42 Å². The molecule has 0 radical (unpaired) electrons. The fourth-order valence-electron chi connectivity index (χ4n) is 0.687. The van der Waals surface area contributed by atoms with Gasteiger partial charge < -0.3 is 4.74 Å². The number of rotatable bonds is 1. The van der Waals surface area contributed by atoms with E-state index in [2.05, 4.69) is 6.08 Å². The molecular formula is C6H9ClO.